The molecule has 2 atom stereocenters. The molecule has 1 aromatic rings. The summed E-state index contributed by atoms with van der Waals surface area (Å²) in [5, 5.41) is 0.503. The van der Waals surface area contributed by atoms with Gasteiger partial charge >= 0.3 is 0 Å². The van der Waals surface area contributed by atoms with Gasteiger partial charge in [-0.05, 0) is 42.2 Å². The number of nitrogens with zero attached hydrogens (tertiary/aromatic N) is 2. The Morgan fingerprint density at radius 2 is 2.00 bits per heavy atom. The quantitative estimate of drug-likeness (QED) is 0.715. The Morgan fingerprint density at radius 3 is 2.67 bits per heavy atom. The Kier molecular flexibility index (Phi) is 3.49. The van der Waals surface area contributed by atoms with Crippen molar-refractivity contribution < 1.29 is 4.79 Å². The summed E-state index contributed by atoms with van der Waals surface area (Å²) in [6.45, 7) is 7.68. The van der Waals surface area contributed by atoms with E-state index in [2.05, 4.69) is 25.8 Å². The lowest BCUT2D eigenvalue weighted by Crippen LogP contribution is -2.37. The topological polar surface area (TPSA) is 33.2 Å². The number of aromatic nitrogens is 1. The second-order valence-corrected chi connectivity index (χ2v) is 8.36. The van der Waals surface area contributed by atoms with E-state index in [1.165, 1.54) is 0 Å². The van der Waals surface area contributed by atoms with Gasteiger partial charge < -0.3 is 4.90 Å². The van der Waals surface area contributed by atoms with Crippen molar-refractivity contribution in [3.63, 3.8) is 0 Å². The van der Waals surface area contributed by atoms with Crippen molar-refractivity contribution in [3.05, 3.63) is 28.0 Å². The van der Waals surface area contributed by atoms with Gasteiger partial charge in [-0.15, -0.1) is 0 Å². The van der Waals surface area contributed by atoms with Crippen LogP contribution in [-0.2, 0) is 0 Å². The molecule has 2 fully saturated rings. The predicted octanol–water partition coefficient (Wildman–Crippen LogP) is 4.43. The summed E-state index contributed by atoms with van der Waals surface area (Å²) in [5.41, 5.74) is 0.957. The van der Waals surface area contributed by atoms with Crippen LogP contribution in [0.3, 0.4) is 0 Å². The van der Waals surface area contributed by atoms with Gasteiger partial charge in [0.15, 0.2) is 0 Å². The van der Waals surface area contributed by atoms with Gasteiger partial charge in [0.25, 0.3) is 5.91 Å². The molecular weight excluding hydrogens is 307 g/mol. The molecule has 0 N–H and O–H groups in total. The number of hydrogen-bond acceptors (Lipinski definition) is 2. The number of rotatable bonds is 1. The first-order valence-corrected chi connectivity index (χ1v) is 8.08. The molecule has 3 rings (SSSR count). The van der Waals surface area contributed by atoms with Gasteiger partial charge in [0, 0.05) is 12.6 Å². The lowest BCUT2D eigenvalue weighted by Gasteiger charge is -2.39. The Balaban J connectivity index is 1.90. The summed E-state index contributed by atoms with van der Waals surface area (Å²) in [6.07, 6.45) is 3.29. The summed E-state index contributed by atoms with van der Waals surface area (Å²) < 4.78 is 0. The maximum Gasteiger partial charge on any atom is 0.257 e. The molecule has 3 nitrogen and oxygen atoms in total. The smallest absolute Gasteiger partial charge is 0.257 e. The highest BCUT2D eigenvalue weighted by atomic mass is 35.5. The molecule has 2 aliphatic rings. The van der Waals surface area contributed by atoms with Gasteiger partial charge in [-0.25, -0.2) is 4.98 Å². The zero-order valence-corrected chi connectivity index (χ0v) is 14.1. The minimum absolute atomic E-state index is 0.0180. The van der Waals surface area contributed by atoms with E-state index in [1.54, 1.807) is 12.1 Å². The number of likely N-dealkylation sites (tertiary alicyclic amines) is 1. The molecule has 1 aliphatic carbocycles. The lowest BCUT2D eigenvalue weighted by atomic mass is 9.65. The molecule has 0 radical (unpaired) electrons. The average Bonchev–Trinajstić information content (AvgIpc) is 2.57. The fourth-order valence-corrected chi connectivity index (χ4v) is 4.85. The van der Waals surface area contributed by atoms with Crippen LogP contribution in [0, 0.1) is 10.8 Å². The van der Waals surface area contributed by atoms with Crippen molar-refractivity contribution in [1.82, 2.24) is 9.88 Å². The molecule has 114 valence electrons. The summed E-state index contributed by atoms with van der Waals surface area (Å²) in [7, 11) is 0. The summed E-state index contributed by atoms with van der Waals surface area (Å²) in [4.78, 5) is 18.8. The highest BCUT2D eigenvalue weighted by Gasteiger charge is 2.51. The number of carbonyl (C=O) groups excluding carboxylic acids is 1. The van der Waals surface area contributed by atoms with E-state index >= 15 is 0 Å². The SMILES string of the molecule is CC1(C)CC2CC(C)(CN2C(=O)c2ccc(Cl)nc2Cl)C1. The van der Waals surface area contributed by atoms with E-state index in [0.717, 1.165) is 25.8 Å². The minimum Gasteiger partial charge on any atom is -0.335 e. The summed E-state index contributed by atoms with van der Waals surface area (Å²) in [5.74, 6) is -0.0180. The second kappa shape index (κ2) is 4.85. The van der Waals surface area contributed by atoms with Crippen molar-refractivity contribution in [2.45, 2.75) is 46.1 Å². The molecule has 1 aliphatic heterocycles. The molecule has 2 unspecified atom stereocenters. The maximum absolute atomic E-state index is 12.8. The Labute approximate surface area is 135 Å². The first-order valence-electron chi connectivity index (χ1n) is 7.32. The molecule has 2 bridgehead atoms. The molecule has 1 aromatic heterocycles. The Bertz CT molecular complexity index is 602. The van der Waals surface area contributed by atoms with Gasteiger partial charge in [-0.2, -0.15) is 0 Å². The molecule has 0 aromatic carbocycles. The standard InChI is InChI=1S/C16H20Cl2N2O/c1-15(2)6-10-7-16(3,8-15)9-20(10)14(21)11-4-5-12(17)19-13(11)18/h4-5,10H,6-9H2,1-3H3. The van der Waals surface area contributed by atoms with Crippen LogP contribution in [-0.4, -0.2) is 28.4 Å². The molecule has 0 spiro atoms. The number of carbonyl (C=O) groups is 1. The monoisotopic (exact) mass is 326 g/mol. The highest BCUT2D eigenvalue weighted by Crippen LogP contribution is 2.52. The largest absolute Gasteiger partial charge is 0.335 e. The number of halogens is 2. The van der Waals surface area contributed by atoms with Crippen LogP contribution in [0.1, 0.15) is 50.4 Å². The van der Waals surface area contributed by atoms with Crippen molar-refractivity contribution >= 4 is 29.1 Å². The molecule has 1 amide bonds. The molecule has 1 saturated carbocycles. The van der Waals surface area contributed by atoms with Crippen molar-refractivity contribution in [2.24, 2.45) is 10.8 Å². The van der Waals surface area contributed by atoms with Crippen LogP contribution in [0.5, 0.6) is 0 Å². The molecule has 5 heteroatoms. The normalized spacial score (nSPS) is 30.5. The molecule has 21 heavy (non-hydrogen) atoms. The summed E-state index contributed by atoms with van der Waals surface area (Å²) in [6, 6.07) is 3.60. The molecular formula is C16H20Cl2N2O. The highest BCUT2D eigenvalue weighted by molar-refractivity contribution is 6.34. The summed E-state index contributed by atoms with van der Waals surface area (Å²) >= 11 is 11.9. The predicted molar refractivity (Wildman–Crippen MR) is 84.8 cm³/mol. The van der Waals surface area contributed by atoms with Gasteiger partial charge in [0.2, 0.25) is 0 Å². The van der Waals surface area contributed by atoms with Crippen LogP contribution in [0.2, 0.25) is 10.3 Å². The Hall–Kier alpha value is -0.800. The fraction of sp³-hybridized carbons (Fsp3) is 0.625. The third-order valence-electron chi connectivity index (χ3n) is 4.72. The fourth-order valence-electron chi connectivity index (χ4n) is 4.42. The number of pyridine rings is 1. The molecule has 1 saturated heterocycles. The lowest BCUT2D eigenvalue weighted by molar-refractivity contribution is 0.0708. The van der Waals surface area contributed by atoms with E-state index in [1.807, 2.05) is 4.90 Å². The van der Waals surface area contributed by atoms with E-state index < -0.39 is 0 Å². The van der Waals surface area contributed by atoms with Crippen molar-refractivity contribution in [2.75, 3.05) is 6.54 Å². The van der Waals surface area contributed by atoms with Crippen molar-refractivity contribution in [3.8, 4) is 0 Å². The van der Waals surface area contributed by atoms with Crippen LogP contribution in [0.15, 0.2) is 12.1 Å². The van der Waals surface area contributed by atoms with Crippen LogP contribution in [0.4, 0.5) is 0 Å². The van der Waals surface area contributed by atoms with Crippen molar-refractivity contribution in [1.29, 1.82) is 0 Å². The maximum atomic E-state index is 12.8. The van der Waals surface area contributed by atoms with E-state index in [-0.39, 0.29) is 21.9 Å². The van der Waals surface area contributed by atoms with Gasteiger partial charge in [0.05, 0.1) is 5.56 Å². The number of hydrogen-bond donors (Lipinski definition) is 0. The molecule has 2 heterocycles. The number of fused-ring (bicyclic) bond motifs is 2. The third-order valence-corrected chi connectivity index (χ3v) is 5.22. The number of amides is 1. The second-order valence-electron chi connectivity index (χ2n) is 7.62. The third kappa shape index (κ3) is 2.78. The van der Waals surface area contributed by atoms with Crippen LogP contribution < -0.4 is 0 Å². The minimum atomic E-state index is -0.0180. The van der Waals surface area contributed by atoms with Gasteiger partial charge in [0.1, 0.15) is 10.3 Å². The van der Waals surface area contributed by atoms with Crippen LogP contribution >= 0.6 is 23.2 Å². The van der Waals surface area contributed by atoms with E-state index in [0.29, 0.717) is 16.8 Å². The van der Waals surface area contributed by atoms with E-state index in [9.17, 15) is 4.79 Å². The van der Waals surface area contributed by atoms with E-state index in [4.69, 9.17) is 23.2 Å². The Morgan fingerprint density at radius 1 is 1.29 bits per heavy atom. The average molecular weight is 327 g/mol. The first-order chi connectivity index (χ1) is 9.69. The van der Waals surface area contributed by atoms with Gasteiger partial charge in [-0.3, -0.25) is 4.79 Å². The van der Waals surface area contributed by atoms with Gasteiger partial charge in [-0.1, -0.05) is 44.0 Å². The zero-order chi connectivity index (χ0) is 15.4. The van der Waals surface area contributed by atoms with Crippen LogP contribution in [0.25, 0.3) is 0 Å². The zero-order valence-electron chi connectivity index (χ0n) is 12.6. The first kappa shape index (κ1) is 15.1.